The van der Waals surface area contributed by atoms with Gasteiger partial charge in [0.05, 0.1) is 0 Å². The molecule has 3 heteroatoms. The molecule has 0 radical (unpaired) electrons. The average Bonchev–Trinajstić information content (AvgIpc) is 2.41. The molecule has 0 atom stereocenters. The summed E-state index contributed by atoms with van der Waals surface area (Å²) in [6.07, 6.45) is 0.897. The number of carbonyl (C=O) groups is 1. The minimum Gasteiger partial charge on any atom is -0.370 e. The van der Waals surface area contributed by atoms with Crippen LogP contribution in [-0.2, 0) is 6.54 Å². The van der Waals surface area contributed by atoms with Crippen LogP contribution in [0.3, 0.4) is 0 Å². The van der Waals surface area contributed by atoms with Gasteiger partial charge in [0.15, 0.2) is 0 Å². The number of benzene rings is 2. The Morgan fingerprint density at radius 3 is 2.42 bits per heavy atom. The van der Waals surface area contributed by atoms with Crippen LogP contribution in [0.15, 0.2) is 46.9 Å². The Balaban J connectivity index is 2.15. The lowest BCUT2D eigenvalue weighted by Crippen LogP contribution is -2.16. The van der Waals surface area contributed by atoms with Crippen molar-refractivity contribution in [3.63, 3.8) is 0 Å². The van der Waals surface area contributed by atoms with Gasteiger partial charge in [0.1, 0.15) is 6.29 Å². The van der Waals surface area contributed by atoms with E-state index in [1.807, 2.05) is 37.3 Å². The molecule has 0 unspecified atom stereocenters. The van der Waals surface area contributed by atoms with Crippen LogP contribution < -0.4 is 4.90 Å². The summed E-state index contributed by atoms with van der Waals surface area (Å²) in [5.74, 6) is 0. The zero-order valence-electron chi connectivity index (χ0n) is 11.1. The Labute approximate surface area is 122 Å². The lowest BCUT2D eigenvalue weighted by molar-refractivity contribution is 0.112. The van der Waals surface area contributed by atoms with Gasteiger partial charge in [0.25, 0.3) is 0 Å². The highest BCUT2D eigenvalue weighted by Crippen LogP contribution is 2.20. The summed E-state index contributed by atoms with van der Waals surface area (Å²) < 4.78 is 1.09. The highest BCUT2D eigenvalue weighted by molar-refractivity contribution is 9.10. The molecule has 2 aromatic carbocycles. The second kappa shape index (κ2) is 6.02. The smallest absolute Gasteiger partial charge is 0.150 e. The molecule has 2 aromatic rings. The number of aryl methyl sites for hydroxylation is 1. The van der Waals surface area contributed by atoms with E-state index >= 15 is 0 Å². The monoisotopic (exact) mass is 317 g/mol. The van der Waals surface area contributed by atoms with E-state index < -0.39 is 0 Å². The van der Waals surface area contributed by atoms with E-state index in [1.165, 1.54) is 5.56 Å². The quantitative estimate of drug-likeness (QED) is 0.787. The van der Waals surface area contributed by atoms with Gasteiger partial charge in [-0.3, -0.25) is 4.79 Å². The highest BCUT2D eigenvalue weighted by atomic mass is 79.9. The topological polar surface area (TPSA) is 20.3 Å². The predicted octanol–water partition coefficient (Wildman–Crippen LogP) is 4.21. The Morgan fingerprint density at radius 2 is 1.84 bits per heavy atom. The van der Waals surface area contributed by atoms with E-state index in [0.717, 1.165) is 34.1 Å². The first-order chi connectivity index (χ1) is 9.10. The molecule has 0 aliphatic heterocycles. The van der Waals surface area contributed by atoms with Gasteiger partial charge in [-0.05, 0) is 48.4 Å². The lowest BCUT2D eigenvalue weighted by atomic mass is 10.1. The van der Waals surface area contributed by atoms with Crippen LogP contribution in [0.5, 0.6) is 0 Å². The summed E-state index contributed by atoms with van der Waals surface area (Å²) in [5, 5.41) is 0. The zero-order valence-corrected chi connectivity index (χ0v) is 12.6. The van der Waals surface area contributed by atoms with E-state index in [1.54, 1.807) is 0 Å². The lowest BCUT2D eigenvalue weighted by Gasteiger charge is -2.20. The zero-order chi connectivity index (χ0) is 13.8. The molecule has 0 heterocycles. The van der Waals surface area contributed by atoms with Crippen molar-refractivity contribution in [3.05, 3.63) is 63.6 Å². The molecule has 0 aliphatic carbocycles. The molecule has 98 valence electrons. The fourth-order valence-corrected chi connectivity index (χ4v) is 2.25. The fraction of sp³-hybridized carbons (Fsp3) is 0.188. The standard InChI is InChI=1S/C16H16BrNO/c1-12-9-16(8-5-14(12)11-19)18(2)10-13-3-6-15(17)7-4-13/h3-9,11H,10H2,1-2H3. The molecule has 19 heavy (non-hydrogen) atoms. The minimum absolute atomic E-state index is 0.751. The minimum atomic E-state index is 0.751. The third kappa shape index (κ3) is 3.44. The number of aldehydes is 1. The SMILES string of the molecule is Cc1cc(N(C)Cc2ccc(Br)cc2)ccc1C=O. The van der Waals surface area contributed by atoms with Crippen molar-refractivity contribution < 1.29 is 4.79 Å². The maximum atomic E-state index is 10.8. The van der Waals surface area contributed by atoms with Crippen LogP contribution in [-0.4, -0.2) is 13.3 Å². The van der Waals surface area contributed by atoms with Gasteiger partial charge in [-0.25, -0.2) is 0 Å². The Kier molecular flexibility index (Phi) is 4.38. The third-order valence-electron chi connectivity index (χ3n) is 3.15. The number of nitrogens with zero attached hydrogens (tertiary/aromatic N) is 1. The summed E-state index contributed by atoms with van der Waals surface area (Å²) in [7, 11) is 2.05. The van der Waals surface area contributed by atoms with E-state index in [2.05, 4.69) is 40.0 Å². The van der Waals surface area contributed by atoms with Gasteiger partial charge in [-0.15, -0.1) is 0 Å². The second-order valence-corrected chi connectivity index (χ2v) is 5.56. The summed E-state index contributed by atoms with van der Waals surface area (Å²) in [6.45, 7) is 2.80. The number of halogens is 1. The number of anilines is 1. The van der Waals surface area contributed by atoms with Gasteiger partial charge in [0.2, 0.25) is 0 Å². The maximum Gasteiger partial charge on any atom is 0.150 e. The van der Waals surface area contributed by atoms with E-state index in [4.69, 9.17) is 0 Å². The molecule has 0 aliphatic rings. The van der Waals surface area contributed by atoms with Crippen molar-refractivity contribution in [1.82, 2.24) is 0 Å². The molecule has 0 bridgehead atoms. The van der Waals surface area contributed by atoms with Crippen molar-refractivity contribution in [1.29, 1.82) is 0 Å². The first kappa shape index (κ1) is 13.8. The molecule has 2 nitrogen and oxygen atoms in total. The van der Waals surface area contributed by atoms with Crippen LogP contribution in [0.4, 0.5) is 5.69 Å². The number of carbonyl (C=O) groups excluding carboxylic acids is 1. The molecule has 0 fully saturated rings. The van der Waals surface area contributed by atoms with Crippen molar-refractivity contribution >= 4 is 27.9 Å². The third-order valence-corrected chi connectivity index (χ3v) is 3.68. The number of rotatable bonds is 4. The number of hydrogen-bond acceptors (Lipinski definition) is 2. The van der Waals surface area contributed by atoms with Crippen molar-refractivity contribution in [2.45, 2.75) is 13.5 Å². The van der Waals surface area contributed by atoms with Crippen LogP contribution >= 0.6 is 15.9 Å². The molecule has 0 spiro atoms. The Morgan fingerprint density at radius 1 is 1.16 bits per heavy atom. The largest absolute Gasteiger partial charge is 0.370 e. The van der Waals surface area contributed by atoms with Gasteiger partial charge < -0.3 is 4.90 Å². The molecular weight excluding hydrogens is 302 g/mol. The molecule has 0 N–H and O–H groups in total. The second-order valence-electron chi connectivity index (χ2n) is 4.64. The summed E-state index contributed by atoms with van der Waals surface area (Å²) >= 11 is 3.44. The van der Waals surface area contributed by atoms with Crippen LogP contribution in [0.25, 0.3) is 0 Å². The first-order valence-corrected chi connectivity index (χ1v) is 6.91. The van der Waals surface area contributed by atoms with Gasteiger partial charge in [0, 0.05) is 29.3 Å². The van der Waals surface area contributed by atoms with Gasteiger partial charge >= 0.3 is 0 Å². The highest BCUT2D eigenvalue weighted by Gasteiger charge is 2.04. The Hall–Kier alpha value is -1.61. The van der Waals surface area contributed by atoms with Gasteiger partial charge in [-0.2, -0.15) is 0 Å². The van der Waals surface area contributed by atoms with Crippen LogP contribution in [0.2, 0.25) is 0 Å². The number of hydrogen-bond donors (Lipinski definition) is 0. The van der Waals surface area contributed by atoms with Crippen molar-refractivity contribution in [3.8, 4) is 0 Å². The first-order valence-electron chi connectivity index (χ1n) is 6.11. The summed E-state index contributed by atoms with van der Waals surface area (Å²) in [4.78, 5) is 13.0. The van der Waals surface area contributed by atoms with Gasteiger partial charge in [-0.1, -0.05) is 28.1 Å². The molecule has 0 aromatic heterocycles. The van der Waals surface area contributed by atoms with E-state index in [-0.39, 0.29) is 0 Å². The summed E-state index contributed by atoms with van der Waals surface area (Å²) in [5.41, 5.74) is 4.13. The van der Waals surface area contributed by atoms with Crippen molar-refractivity contribution in [2.24, 2.45) is 0 Å². The van der Waals surface area contributed by atoms with E-state index in [0.29, 0.717) is 0 Å². The molecule has 0 saturated heterocycles. The normalized spacial score (nSPS) is 10.3. The van der Waals surface area contributed by atoms with E-state index in [9.17, 15) is 4.79 Å². The molecule has 0 saturated carbocycles. The molecule has 0 amide bonds. The Bertz CT molecular complexity index is 578. The molecule has 2 rings (SSSR count). The maximum absolute atomic E-state index is 10.8. The van der Waals surface area contributed by atoms with Crippen LogP contribution in [0, 0.1) is 6.92 Å². The van der Waals surface area contributed by atoms with Crippen LogP contribution in [0.1, 0.15) is 21.5 Å². The molecular formula is C16H16BrNO. The average molecular weight is 318 g/mol. The van der Waals surface area contributed by atoms with Crippen molar-refractivity contribution in [2.75, 3.05) is 11.9 Å². The summed E-state index contributed by atoms with van der Waals surface area (Å²) in [6, 6.07) is 14.2. The predicted molar refractivity (Wildman–Crippen MR) is 82.8 cm³/mol. The fourth-order valence-electron chi connectivity index (χ4n) is 1.98.